The van der Waals surface area contributed by atoms with E-state index in [1.54, 1.807) is 0 Å². The Morgan fingerprint density at radius 1 is 0.905 bits per heavy atom. The van der Waals surface area contributed by atoms with E-state index >= 15 is 0 Å². The molecule has 0 saturated carbocycles. The number of rotatable bonds is 6. The van der Waals surface area contributed by atoms with Crippen molar-refractivity contribution in [2.24, 2.45) is 0 Å². The predicted molar refractivity (Wildman–Crippen MR) is 94.9 cm³/mol. The second-order valence-corrected chi connectivity index (χ2v) is 6.48. The maximum atomic E-state index is 3.51. The highest BCUT2D eigenvalue weighted by Gasteiger charge is 2.16. The van der Waals surface area contributed by atoms with E-state index in [1.165, 1.54) is 11.3 Å². The molecule has 0 heterocycles. The first-order valence-electron chi connectivity index (χ1n) is 7.30. The predicted octanol–water partition coefficient (Wildman–Crippen LogP) is 4.58. The van der Waals surface area contributed by atoms with E-state index in [-0.39, 0.29) is 0 Å². The number of anilines is 1. The average molecular weight is 347 g/mol. The van der Waals surface area contributed by atoms with Crippen LogP contribution >= 0.6 is 15.9 Å². The maximum Gasteiger partial charge on any atom is 0.0514 e. The molecule has 0 amide bonds. The van der Waals surface area contributed by atoms with Gasteiger partial charge in [-0.1, -0.05) is 46.3 Å². The molecule has 0 fully saturated rings. The largest absolute Gasteiger partial charge is 0.363 e. The molecule has 0 aliphatic rings. The molecule has 1 atom stereocenters. The molecule has 0 aliphatic heterocycles. The number of benzene rings is 2. The van der Waals surface area contributed by atoms with Gasteiger partial charge in [-0.3, -0.25) is 0 Å². The summed E-state index contributed by atoms with van der Waals surface area (Å²) in [5, 5.41) is 0. The van der Waals surface area contributed by atoms with Crippen molar-refractivity contribution in [2.45, 2.75) is 13.0 Å². The van der Waals surface area contributed by atoms with E-state index < -0.39 is 0 Å². The summed E-state index contributed by atoms with van der Waals surface area (Å²) in [7, 11) is 4.24. The molecule has 0 spiro atoms. The Kier molecular flexibility index (Phi) is 5.83. The van der Waals surface area contributed by atoms with Gasteiger partial charge in [0.25, 0.3) is 0 Å². The van der Waals surface area contributed by atoms with E-state index in [0.717, 1.165) is 17.6 Å². The average Bonchev–Trinajstić information content (AvgIpc) is 2.49. The fourth-order valence-corrected chi connectivity index (χ4v) is 2.66. The van der Waals surface area contributed by atoms with Crippen LogP contribution in [0.2, 0.25) is 0 Å². The molecule has 0 saturated heterocycles. The van der Waals surface area contributed by atoms with Crippen LogP contribution in [0.5, 0.6) is 0 Å². The summed E-state index contributed by atoms with van der Waals surface area (Å²) in [6, 6.07) is 19.6. The second kappa shape index (κ2) is 7.62. The van der Waals surface area contributed by atoms with Gasteiger partial charge in [0.05, 0.1) is 6.04 Å². The van der Waals surface area contributed by atoms with Crippen molar-refractivity contribution in [1.29, 1.82) is 0 Å². The second-order valence-electron chi connectivity index (χ2n) is 5.56. The minimum Gasteiger partial charge on any atom is -0.363 e. The van der Waals surface area contributed by atoms with Gasteiger partial charge in [0.1, 0.15) is 0 Å². The molecule has 2 nitrogen and oxygen atoms in total. The Hall–Kier alpha value is -1.32. The summed E-state index contributed by atoms with van der Waals surface area (Å²) in [4.78, 5) is 4.69. The van der Waals surface area contributed by atoms with Crippen LogP contribution in [-0.4, -0.2) is 32.1 Å². The SMILES string of the molecule is CC(c1ccc(Br)cc1)N(CCN(C)C)c1ccccc1. The standard InChI is InChI=1S/C18H23BrN2/c1-15(16-9-11-17(19)12-10-16)21(14-13-20(2)3)18-7-5-4-6-8-18/h4-12,15H,13-14H2,1-3H3. The zero-order valence-electron chi connectivity index (χ0n) is 13.0. The van der Waals surface area contributed by atoms with Gasteiger partial charge in [0, 0.05) is 23.2 Å². The number of nitrogens with zero attached hydrogens (tertiary/aromatic N) is 2. The molecule has 0 aliphatic carbocycles. The smallest absolute Gasteiger partial charge is 0.0514 e. The van der Waals surface area contributed by atoms with Crippen LogP contribution in [0.4, 0.5) is 5.69 Å². The van der Waals surface area contributed by atoms with Gasteiger partial charge in [0.2, 0.25) is 0 Å². The van der Waals surface area contributed by atoms with Crippen molar-refractivity contribution in [3.63, 3.8) is 0 Å². The molecule has 3 heteroatoms. The summed E-state index contributed by atoms with van der Waals surface area (Å²) in [6.07, 6.45) is 0. The van der Waals surface area contributed by atoms with Crippen LogP contribution in [0.25, 0.3) is 0 Å². The van der Waals surface area contributed by atoms with Crippen LogP contribution < -0.4 is 4.90 Å². The first-order chi connectivity index (χ1) is 10.1. The van der Waals surface area contributed by atoms with Gasteiger partial charge in [-0.2, -0.15) is 0 Å². The third-order valence-corrected chi connectivity index (χ3v) is 4.22. The van der Waals surface area contributed by atoms with Crippen LogP contribution in [-0.2, 0) is 0 Å². The van der Waals surface area contributed by atoms with Crippen LogP contribution in [0.3, 0.4) is 0 Å². The topological polar surface area (TPSA) is 6.48 Å². The van der Waals surface area contributed by atoms with Crippen molar-refractivity contribution in [3.05, 3.63) is 64.6 Å². The lowest BCUT2D eigenvalue weighted by molar-refractivity contribution is 0.407. The monoisotopic (exact) mass is 346 g/mol. The summed E-state index contributed by atoms with van der Waals surface area (Å²) >= 11 is 3.51. The van der Waals surface area contributed by atoms with Gasteiger partial charge in [0.15, 0.2) is 0 Å². The number of halogens is 1. The fraction of sp³-hybridized carbons (Fsp3) is 0.333. The molecule has 1 unspecified atom stereocenters. The molecule has 0 radical (unpaired) electrons. The van der Waals surface area contributed by atoms with Crippen LogP contribution in [0, 0.1) is 0 Å². The van der Waals surface area contributed by atoms with Crippen molar-refractivity contribution < 1.29 is 0 Å². The Bertz CT molecular complexity index is 537. The van der Waals surface area contributed by atoms with E-state index in [1.807, 2.05) is 0 Å². The lowest BCUT2D eigenvalue weighted by Crippen LogP contribution is -2.33. The van der Waals surface area contributed by atoms with Gasteiger partial charge in [-0.05, 0) is 50.8 Å². The van der Waals surface area contributed by atoms with Gasteiger partial charge >= 0.3 is 0 Å². The number of hydrogen-bond acceptors (Lipinski definition) is 2. The molecule has 0 N–H and O–H groups in total. The Labute approximate surface area is 136 Å². The summed E-state index contributed by atoms with van der Waals surface area (Å²) in [5.74, 6) is 0. The third kappa shape index (κ3) is 4.58. The minimum atomic E-state index is 0.348. The van der Waals surface area contributed by atoms with E-state index in [4.69, 9.17) is 0 Å². The van der Waals surface area contributed by atoms with E-state index in [2.05, 4.69) is 101 Å². The molecule has 2 aromatic rings. The molecular weight excluding hydrogens is 324 g/mol. The zero-order valence-corrected chi connectivity index (χ0v) is 14.5. The highest BCUT2D eigenvalue weighted by Crippen LogP contribution is 2.27. The number of para-hydroxylation sites is 1. The van der Waals surface area contributed by atoms with E-state index in [0.29, 0.717) is 6.04 Å². The Morgan fingerprint density at radius 3 is 2.10 bits per heavy atom. The molecule has 112 valence electrons. The highest BCUT2D eigenvalue weighted by atomic mass is 79.9. The quantitative estimate of drug-likeness (QED) is 0.755. The Balaban J connectivity index is 2.23. The summed E-state index contributed by atoms with van der Waals surface area (Å²) in [6.45, 7) is 4.32. The minimum absolute atomic E-state index is 0.348. The van der Waals surface area contributed by atoms with Gasteiger partial charge in [-0.15, -0.1) is 0 Å². The van der Waals surface area contributed by atoms with Crippen LogP contribution in [0.1, 0.15) is 18.5 Å². The fourth-order valence-electron chi connectivity index (χ4n) is 2.39. The van der Waals surface area contributed by atoms with Crippen molar-refractivity contribution in [3.8, 4) is 0 Å². The van der Waals surface area contributed by atoms with Crippen molar-refractivity contribution in [1.82, 2.24) is 4.90 Å². The number of likely N-dealkylation sites (N-methyl/N-ethyl adjacent to an activating group) is 1. The normalized spacial score (nSPS) is 12.4. The molecular formula is C18H23BrN2. The summed E-state index contributed by atoms with van der Waals surface area (Å²) < 4.78 is 1.12. The number of hydrogen-bond donors (Lipinski definition) is 0. The van der Waals surface area contributed by atoms with Crippen molar-refractivity contribution >= 4 is 21.6 Å². The molecule has 2 rings (SSSR count). The van der Waals surface area contributed by atoms with Gasteiger partial charge in [-0.25, -0.2) is 0 Å². The highest BCUT2D eigenvalue weighted by molar-refractivity contribution is 9.10. The zero-order chi connectivity index (χ0) is 15.2. The lowest BCUT2D eigenvalue weighted by atomic mass is 10.1. The first kappa shape index (κ1) is 16.1. The Morgan fingerprint density at radius 2 is 1.52 bits per heavy atom. The molecule has 21 heavy (non-hydrogen) atoms. The van der Waals surface area contributed by atoms with Crippen LogP contribution in [0.15, 0.2) is 59.1 Å². The summed E-state index contributed by atoms with van der Waals surface area (Å²) in [5.41, 5.74) is 2.61. The molecule has 2 aromatic carbocycles. The maximum absolute atomic E-state index is 3.51. The third-order valence-electron chi connectivity index (χ3n) is 3.70. The first-order valence-corrected chi connectivity index (χ1v) is 8.09. The van der Waals surface area contributed by atoms with Gasteiger partial charge < -0.3 is 9.80 Å². The molecule has 0 bridgehead atoms. The lowest BCUT2D eigenvalue weighted by Gasteiger charge is -2.33. The molecule has 0 aromatic heterocycles. The van der Waals surface area contributed by atoms with E-state index in [9.17, 15) is 0 Å². The van der Waals surface area contributed by atoms with Crippen molar-refractivity contribution in [2.75, 3.05) is 32.1 Å².